The highest BCUT2D eigenvalue weighted by Crippen LogP contribution is 2.30. The first-order valence-corrected chi connectivity index (χ1v) is 13.1. The smallest absolute Gasteiger partial charge is 0.333 e. The Balaban J connectivity index is 1.74. The third-order valence-electron chi connectivity index (χ3n) is 6.13. The molecule has 2 aromatic rings. The maximum Gasteiger partial charge on any atom is 0.416 e. The Bertz CT molecular complexity index is 1280. The molecule has 1 saturated heterocycles. The van der Waals surface area contributed by atoms with E-state index in [1.165, 1.54) is 15.2 Å². The van der Waals surface area contributed by atoms with E-state index >= 15 is 0 Å². The molecule has 36 heavy (non-hydrogen) atoms. The average molecular weight is 545 g/mol. The van der Waals surface area contributed by atoms with Gasteiger partial charge in [-0.25, -0.2) is 13.1 Å². The van der Waals surface area contributed by atoms with Crippen LogP contribution in [-0.2, 0) is 16.2 Å². The van der Waals surface area contributed by atoms with E-state index in [1.807, 2.05) is 19.9 Å². The molecule has 2 heterocycles. The van der Waals surface area contributed by atoms with Crippen molar-refractivity contribution in [3.63, 3.8) is 0 Å². The molecule has 1 aromatic carbocycles. The van der Waals surface area contributed by atoms with Crippen molar-refractivity contribution in [3.8, 4) is 0 Å². The monoisotopic (exact) mass is 544 g/mol. The Morgan fingerprint density at radius 1 is 1.22 bits per heavy atom. The van der Waals surface area contributed by atoms with Crippen LogP contribution in [0.25, 0.3) is 6.20 Å². The number of benzene rings is 1. The molecule has 0 bridgehead atoms. The lowest BCUT2D eigenvalue weighted by atomic mass is 10.1. The minimum absolute atomic E-state index is 0.00903. The van der Waals surface area contributed by atoms with Crippen molar-refractivity contribution in [1.29, 1.82) is 0 Å². The second kappa shape index (κ2) is 10.8. The minimum Gasteiger partial charge on any atom is -0.333 e. The Hall–Kier alpha value is -2.63. The van der Waals surface area contributed by atoms with Gasteiger partial charge in [-0.1, -0.05) is 24.1 Å². The van der Waals surface area contributed by atoms with Crippen LogP contribution in [0.2, 0.25) is 0 Å². The van der Waals surface area contributed by atoms with Crippen LogP contribution in [0.15, 0.2) is 52.0 Å². The molecule has 0 radical (unpaired) electrons. The van der Waals surface area contributed by atoms with Crippen molar-refractivity contribution < 1.29 is 26.4 Å². The first-order chi connectivity index (χ1) is 16.8. The van der Waals surface area contributed by atoms with Gasteiger partial charge in [0.2, 0.25) is 10.0 Å². The van der Waals surface area contributed by atoms with Crippen LogP contribution >= 0.6 is 11.6 Å². The fraction of sp³-hybridized carbons (Fsp3) is 0.417. The van der Waals surface area contributed by atoms with E-state index in [9.17, 15) is 26.4 Å². The SMILES string of the molecule is CCC(C)=CC(Cl)=Cn1ncc(C(=O)N2CCN(S(=O)(=O)c3ccc(C(F)(F)F)cc3)CC2C)c1C. The van der Waals surface area contributed by atoms with Crippen LogP contribution in [0.4, 0.5) is 13.2 Å². The van der Waals surface area contributed by atoms with Crippen molar-refractivity contribution in [2.45, 2.75) is 51.2 Å². The van der Waals surface area contributed by atoms with Crippen LogP contribution < -0.4 is 0 Å². The number of amides is 1. The second-order valence-electron chi connectivity index (χ2n) is 8.68. The summed E-state index contributed by atoms with van der Waals surface area (Å²) in [7, 11) is -4.02. The molecule has 1 fully saturated rings. The van der Waals surface area contributed by atoms with Gasteiger partial charge >= 0.3 is 6.18 Å². The lowest BCUT2D eigenvalue weighted by molar-refractivity contribution is -0.137. The summed E-state index contributed by atoms with van der Waals surface area (Å²) in [6.07, 6.45) is 1.19. The molecule has 12 heteroatoms. The quantitative estimate of drug-likeness (QED) is 0.472. The third-order valence-corrected chi connectivity index (χ3v) is 8.22. The Morgan fingerprint density at radius 2 is 1.86 bits per heavy atom. The highest BCUT2D eigenvalue weighted by atomic mass is 35.5. The summed E-state index contributed by atoms with van der Waals surface area (Å²) in [5.41, 5.74) is 1.13. The zero-order valence-corrected chi connectivity index (χ0v) is 22.0. The van der Waals surface area contributed by atoms with E-state index < -0.39 is 27.8 Å². The molecule has 0 aliphatic carbocycles. The molecular formula is C24H28ClF3N4O3S. The molecule has 0 spiro atoms. The lowest BCUT2D eigenvalue weighted by Gasteiger charge is -2.39. The highest BCUT2D eigenvalue weighted by Gasteiger charge is 2.36. The number of carbonyl (C=O) groups excluding carboxylic acids is 1. The van der Waals surface area contributed by atoms with Crippen LogP contribution in [0.1, 0.15) is 48.8 Å². The molecule has 1 aromatic heterocycles. The topological polar surface area (TPSA) is 75.5 Å². The predicted octanol–water partition coefficient (Wildman–Crippen LogP) is 5.14. The predicted molar refractivity (Wildman–Crippen MR) is 132 cm³/mol. The number of piperazine rings is 1. The summed E-state index contributed by atoms with van der Waals surface area (Å²) < 4.78 is 67.2. The van der Waals surface area contributed by atoms with Crippen LogP contribution in [0, 0.1) is 6.92 Å². The Labute approximate surface area is 213 Å². The van der Waals surface area contributed by atoms with E-state index in [0.717, 1.165) is 36.3 Å². The first-order valence-electron chi connectivity index (χ1n) is 11.3. The van der Waals surface area contributed by atoms with Gasteiger partial charge in [0.25, 0.3) is 5.91 Å². The number of nitrogens with zero attached hydrogens (tertiary/aromatic N) is 4. The molecule has 0 saturated carbocycles. The Kier molecular flexibility index (Phi) is 8.37. The first kappa shape index (κ1) is 27.9. The van der Waals surface area contributed by atoms with Crippen molar-refractivity contribution in [2.24, 2.45) is 0 Å². The average Bonchev–Trinajstić information content (AvgIpc) is 3.17. The van der Waals surface area contributed by atoms with E-state index in [-0.39, 0.29) is 30.4 Å². The third kappa shape index (κ3) is 6.01. The van der Waals surface area contributed by atoms with Gasteiger partial charge in [0.1, 0.15) is 0 Å². The van der Waals surface area contributed by atoms with Gasteiger partial charge in [-0.15, -0.1) is 0 Å². The number of carbonyl (C=O) groups is 1. The van der Waals surface area contributed by atoms with Crippen molar-refractivity contribution >= 4 is 33.7 Å². The molecule has 1 unspecified atom stereocenters. The fourth-order valence-corrected chi connectivity index (χ4v) is 5.61. The van der Waals surface area contributed by atoms with Gasteiger partial charge in [-0.2, -0.15) is 22.6 Å². The number of hydrogen-bond donors (Lipinski definition) is 0. The van der Waals surface area contributed by atoms with Gasteiger partial charge in [-0.3, -0.25) is 4.79 Å². The second-order valence-corrected chi connectivity index (χ2v) is 11.1. The fourth-order valence-electron chi connectivity index (χ4n) is 3.82. The van der Waals surface area contributed by atoms with E-state index in [0.29, 0.717) is 16.3 Å². The normalized spacial score (nSPS) is 18.6. The van der Waals surface area contributed by atoms with Crippen molar-refractivity contribution in [1.82, 2.24) is 19.0 Å². The summed E-state index contributed by atoms with van der Waals surface area (Å²) in [5, 5.41) is 4.71. The standard InChI is InChI=1S/C24H28ClF3N4O3S/c1-5-16(2)12-20(25)15-32-18(4)22(13-29-32)23(33)31-11-10-30(14-17(31)3)36(34,35)21-8-6-19(7-9-21)24(26,27)28/h6-9,12-13,15,17H,5,10-11,14H2,1-4H3. The van der Waals surface area contributed by atoms with Gasteiger partial charge < -0.3 is 4.90 Å². The van der Waals surface area contributed by atoms with Gasteiger partial charge in [-0.05, 0) is 57.5 Å². The Morgan fingerprint density at radius 3 is 2.42 bits per heavy atom. The molecule has 0 N–H and O–H groups in total. The van der Waals surface area contributed by atoms with E-state index in [1.54, 1.807) is 24.9 Å². The summed E-state index contributed by atoms with van der Waals surface area (Å²) >= 11 is 6.27. The summed E-state index contributed by atoms with van der Waals surface area (Å²) in [5.74, 6) is -0.289. The molecule has 1 aliphatic heterocycles. The number of aromatic nitrogens is 2. The maximum atomic E-state index is 13.2. The number of allylic oxidation sites excluding steroid dienone is 3. The van der Waals surface area contributed by atoms with E-state index in [4.69, 9.17) is 11.6 Å². The van der Waals surface area contributed by atoms with Crippen molar-refractivity contribution in [2.75, 3.05) is 19.6 Å². The molecular weight excluding hydrogens is 517 g/mol. The summed E-state index contributed by atoms with van der Waals surface area (Å²) in [4.78, 5) is 14.6. The molecule has 1 aliphatic rings. The van der Waals surface area contributed by atoms with Gasteiger partial charge in [0.15, 0.2) is 0 Å². The van der Waals surface area contributed by atoms with Gasteiger partial charge in [0.05, 0.1) is 32.9 Å². The molecule has 3 rings (SSSR count). The van der Waals surface area contributed by atoms with Crippen LogP contribution in [0.3, 0.4) is 0 Å². The number of alkyl halides is 3. The molecule has 196 valence electrons. The molecule has 1 atom stereocenters. The van der Waals surface area contributed by atoms with Crippen LogP contribution in [-0.4, -0.2) is 59.0 Å². The van der Waals surface area contributed by atoms with E-state index in [2.05, 4.69) is 5.10 Å². The molecule has 7 nitrogen and oxygen atoms in total. The highest BCUT2D eigenvalue weighted by molar-refractivity contribution is 7.89. The lowest BCUT2D eigenvalue weighted by Crippen LogP contribution is -2.55. The maximum absolute atomic E-state index is 13.2. The van der Waals surface area contributed by atoms with Crippen molar-refractivity contribution in [3.05, 3.63) is 64.0 Å². The summed E-state index contributed by atoms with van der Waals surface area (Å²) in [6.45, 7) is 7.59. The number of rotatable bonds is 6. The largest absolute Gasteiger partial charge is 0.416 e. The summed E-state index contributed by atoms with van der Waals surface area (Å²) in [6, 6.07) is 2.93. The van der Waals surface area contributed by atoms with Gasteiger partial charge in [0, 0.05) is 31.9 Å². The number of hydrogen-bond acceptors (Lipinski definition) is 4. The molecule has 1 amide bonds. The van der Waals surface area contributed by atoms with Crippen LogP contribution in [0.5, 0.6) is 0 Å². The zero-order valence-electron chi connectivity index (χ0n) is 20.4. The minimum atomic E-state index is -4.55. The number of halogens is 4. The zero-order chi connectivity index (χ0) is 26.8. The number of sulfonamides is 1.